The highest BCUT2D eigenvalue weighted by atomic mass is 28.4. The molecular weight excluding hydrogens is 392 g/mol. The van der Waals surface area contributed by atoms with Crippen LogP contribution in [0.4, 0.5) is 11.6 Å². The van der Waals surface area contributed by atoms with Gasteiger partial charge in [-0.25, -0.2) is 9.97 Å². The van der Waals surface area contributed by atoms with E-state index in [4.69, 9.17) is 4.43 Å². The van der Waals surface area contributed by atoms with E-state index in [1.165, 1.54) is 5.69 Å². The molecule has 0 unspecified atom stereocenters. The molecule has 1 aliphatic rings. The minimum atomic E-state index is -1.81. The zero-order valence-electron chi connectivity index (χ0n) is 18.9. The molecule has 8 heteroatoms. The van der Waals surface area contributed by atoms with Gasteiger partial charge in [-0.1, -0.05) is 20.8 Å². The van der Waals surface area contributed by atoms with Crippen LogP contribution in [-0.2, 0) is 0 Å². The summed E-state index contributed by atoms with van der Waals surface area (Å²) in [4.78, 5) is 21.3. The van der Waals surface area contributed by atoms with Crippen LogP contribution in [0.1, 0.15) is 26.5 Å². The first-order valence-electron chi connectivity index (χ1n) is 10.6. The predicted octanol–water partition coefficient (Wildman–Crippen LogP) is 4.37. The van der Waals surface area contributed by atoms with Crippen molar-refractivity contribution in [2.24, 2.45) is 0 Å². The highest BCUT2D eigenvalue weighted by Crippen LogP contribution is 2.37. The molecule has 160 valence electrons. The molecule has 1 N–H and O–H groups in total. The molecule has 0 amide bonds. The topological polar surface area (TPSA) is 70.2 Å². The highest BCUT2D eigenvalue weighted by Gasteiger charge is 2.38. The lowest BCUT2D eigenvalue weighted by atomic mass is 10.2. The van der Waals surface area contributed by atoms with Crippen LogP contribution in [0.2, 0.25) is 18.1 Å². The SMILES string of the molecule is Cc1nc(N2CCN(c3ccc(O[Si](C)(C)C(C)(C)C)cc3)CC2)nc2nc[nH]c12. The maximum atomic E-state index is 6.41. The number of aromatic amines is 1. The molecule has 4 rings (SSSR count). The third-order valence-corrected chi connectivity index (χ3v) is 10.8. The van der Waals surface area contributed by atoms with E-state index < -0.39 is 8.32 Å². The van der Waals surface area contributed by atoms with Gasteiger partial charge in [-0.2, -0.15) is 4.98 Å². The quantitative estimate of drug-likeness (QED) is 0.627. The van der Waals surface area contributed by atoms with E-state index in [1.54, 1.807) is 6.33 Å². The summed E-state index contributed by atoms with van der Waals surface area (Å²) in [5, 5.41) is 0.196. The number of nitrogens with one attached hydrogen (secondary N) is 1. The summed E-state index contributed by atoms with van der Waals surface area (Å²) in [5.74, 6) is 1.74. The van der Waals surface area contributed by atoms with Gasteiger partial charge < -0.3 is 19.2 Å². The van der Waals surface area contributed by atoms with Crippen molar-refractivity contribution >= 4 is 31.1 Å². The van der Waals surface area contributed by atoms with Crippen molar-refractivity contribution in [1.29, 1.82) is 0 Å². The third-order valence-electron chi connectivity index (χ3n) is 6.40. The van der Waals surface area contributed by atoms with Crippen LogP contribution >= 0.6 is 0 Å². The molecule has 2 aromatic heterocycles. The largest absolute Gasteiger partial charge is 0.544 e. The second kappa shape index (κ2) is 7.57. The van der Waals surface area contributed by atoms with Crippen molar-refractivity contribution in [2.45, 2.75) is 45.8 Å². The van der Waals surface area contributed by atoms with Gasteiger partial charge in [0.15, 0.2) is 5.65 Å². The van der Waals surface area contributed by atoms with E-state index in [9.17, 15) is 0 Å². The van der Waals surface area contributed by atoms with Gasteiger partial charge >= 0.3 is 0 Å². The summed E-state index contributed by atoms with van der Waals surface area (Å²) in [7, 11) is -1.81. The van der Waals surface area contributed by atoms with E-state index in [1.807, 2.05) is 6.92 Å². The van der Waals surface area contributed by atoms with Crippen molar-refractivity contribution < 1.29 is 4.43 Å². The highest BCUT2D eigenvalue weighted by molar-refractivity contribution is 6.74. The van der Waals surface area contributed by atoms with Gasteiger partial charge in [0.25, 0.3) is 0 Å². The van der Waals surface area contributed by atoms with E-state index in [2.05, 4.69) is 87.9 Å². The lowest BCUT2D eigenvalue weighted by Gasteiger charge is -2.37. The van der Waals surface area contributed by atoms with Crippen LogP contribution in [-0.4, -0.2) is 54.4 Å². The molecule has 1 aromatic carbocycles. The van der Waals surface area contributed by atoms with Gasteiger partial charge in [-0.15, -0.1) is 0 Å². The Morgan fingerprint density at radius 2 is 1.60 bits per heavy atom. The van der Waals surface area contributed by atoms with Gasteiger partial charge in [0.1, 0.15) is 11.3 Å². The van der Waals surface area contributed by atoms with Crippen LogP contribution in [0.3, 0.4) is 0 Å². The van der Waals surface area contributed by atoms with Crippen molar-refractivity contribution in [3.63, 3.8) is 0 Å². The van der Waals surface area contributed by atoms with Gasteiger partial charge in [0, 0.05) is 31.9 Å². The molecule has 30 heavy (non-hydrogen) atoms. The van der Waals surface area contributed by atoms with Crippen LogP contribution in [0.5, 0.6) is 5.75 Å². The number of imidazole rings is 1. The Bertz CT molecular complexity index is 1020. The van der Waals surface area contributed by atoms with Crippen molar-refractivity contribution in [3.05, 3.63) is 36.3 Å². The summed E-state index contributed by atoms with van der Waals surface area (Å²) >= 11 is 0. The Kier molecular flexibility index (Phi) is 5.21. The van der Waals surface area contributed by atoms with E-state index in [0.29, 0.717) is 0 Å². The second-order valence-corrected chi connectivity index (χ2v) is 14.3. The monoisotopic (exact) mass is 424 g/mol. The number of nitrogens with zero attached hydrogens (tertiary/aromatic N) is 5. The normalized spacial score (nSPS) is 15.7. The van der Waals surface area contributed by atoms with Gasteiger partial charge in [-0.3, -0.25) is 0 Å². The Hall–Kier alpha value is -2.61. The maximum Gasteiger partial charge on any atom is 0.250 e. The molecule has 0 saturated carbocycles. The van der Waals surface area contributed by atoms with E-state index in [0.717, 1.165) is 54.7 Å². The molecule has 1 fully saturated rings. The fraction of sp³-hybridized carbons (Fsp3) is 0.500. The summed E-state index contributed by atoms with van der Waals surface area (Å²) in [5.41, 5.74) is 3.82. The predicted molar refractivity (Wildman–Crippen MR) is 125 cm³/mol. The van der Waals surface area contributed by atoms with Gasteiger partial charge in [-0.05, 0) is 49.3 Å². The lowest BCUT2D eigenvalue weighted by molar-refractivity contribution is 0.492. The fourth-order valence-corrected chi connectivity index (χ4v) is 4.47. The third kappa shape index (κ3) is 4.01. The smallest absolute Gasteiger partial charge is 0.250 e. The standard InChI is InChI=1S/C22H32N6OSi/c1-16-19-20(24-15-23-19)26-21(25-16)28-13-11-27(12-14-28)17-7-9-18(10-8-17)29-30(5,6)22(2,3)4/h7-10,15H,11-14H2,1-6H3,(H,23,24,25,26). The summed E-state index contributed by atoms with van der Waals surface area (Å²) in [6.07, 6.45) is 1.67. The first-order valence-corrected chi connectivity index (χ1v) is 13.5. The maximum absolute atomic E-state index is 6.41. The number of hydrogen-bond acceptors (Lipinski definition) is 6. The molecular formula is C22H32N6OSi. The molecule has 1 aliphatic heterocycles. The number of aryl methyl sites for hydroxylation is 1. The number of fused-ring (bicyclic) bond motifs is 1. The van der Waals surface area contributed by atoms with Gasteiger partial charge in [0.2, 0.25) is 14.3 Å². The number of rotatable bonds is 4. The molecule has 1 saturated heterocycles. The van der Waals surface area contributed by atoms with Crippen molar-refractivity contribution in [2.75, 3.05) is 36.0 Å². The molecule has 3 heterocycles. The zero-order chi connectivity index (χ0) is 21.5. The number of aromatic nitrogens is 4. The molecule has 0 spiro atoms. The molecule has 0 bridgehead atoms. The summed E-state index contributed by atoms with van der Waals surface area (Å²) in [6, 6.07) is 8.57. The molecule has 7 nitrogen and oxygen atoms in total. The van der Waals surface area contributed by atoms with Crippen molar-refractivity contribution in [3.8, 4) is 5.75 Å². The van der Waals surface area contributed by atoms with Crippen LogP contribution < -0.4 is 14.2 Å². The number of benzene rings is 1. The fourth-order valence-electron chi connectivity index (χ4n) is 3.44. The average molecular weight is 425 g/mol. The van der Waals surface area contributed by atoms with E-state index in [-0.39, 0.29) is 5.04 Å². The molecule has 0 aliphatic carbocycles. The second-order valence-electron chi connectivity index (χ2n) is 9.54. The number of piperazine rings is 1. The summed E-state index contributed by atoms with van der Waals surface area (Å²) < 4.78 is 6.41. The Morgan fingerprint density at radius 1 is 0.967 bits per heavy atom. The Labute approximate surface area is 179 Å². The average Bonchev–Trinajstić information content (AvgIpc) is 3.17. The van der Waals surface area contributed by atoms with Crippen LogP contribution in [0, 0.1) is 6.92 Å². The minimum absolute atomic E-state index is 0.196. The van der Waals surface area contributed by atoms with Crippen LogP contribution in [0.25, 0.3) is 11.2 Å². The number of H-pyrrole nitrogens is 1. The first kappa shape index (κ1) is 20.7. The Balaban J connectivity index is 1.40. The van der Waals surface area contributed by atoms with Crippen molar-refractivity contribution in [1.82, 2.24) is 19.9 Å². The van der Waals surface area contributed by atoms with Crippen LogP contribution in [0.15, 0.2) is 30.6 Å². The Morgan fingerprint density at radius 3 is 2.23 bits per heavy atom. The molecule has 3 aromatic rings. The molecule has 0 radical (unpaired) electrons. The van der Waals surface area contributed by atoms with Gasteiger partial charge in [0.05, 0.1) is 12.0 Å². The van der Waals surface area contributed by atoms with E-state index >= 15 is 0 Å². The minimum Gasteiger partial charge on any atom is -0.544 e. The first-order chi connectivity index (χ1) is 14.1. The summed E-state index contributed by atoms with van der Waals surface area (Å²) in [6.45, 7) is 17.0. The number of anilines is 2. The molecule has 0 atom stereocenters. The lowest BCUT2D eigenvalue weighted by Crippen LogP contribution is -2.47. The number of hydrogen-bond donors (Lipinski definition) is 1. The zero-order valence-corrected chi connectivity index (χ0v) is 19.9.